The summed E-state index contributed by atoms with van der Waals surface area (Å²) in [5.74, 6) is 0. The Morgan fingerprint density at radius 3 is 2.00 bits per heavy atom. The lowest BCUT2D eigenvalue weighted by molar-refractivity contribution is 0.494. The largest absolute Gasteiger partial charge is 0.315 e. The molecule has 0 radical (unpaired) electrons. The molecular weight excluding hydrogens is 154 g/mol. The van der Waals surface area contributed by atoms with E-state index in [4.69, 9.17) is 5.73 Å². The molecule has 0 fully saturated rings. The summed E-state index contributed by atoms with van der Waals surface area (Å²) in [6.45, 7) is 1.56. The fraction of sp³-hybridized carbons (Fsp3) is 1.00. The van der Waals surface area contributed by atoms with E-state index in [1.165, 1.54) is 14.1 Å². The SMILES string of the molecule is CC(N)NS(=O)(=O)N(C)C. The lowest BCUT2D eigenvalue weighted by Crippen LogP contribution is -2.44. The molecule has 6 heteroatoms. The summed E-state index contributed by atoms with van der Waals surface area (Å²) in [7, 11) is -0.469. The van der Waals surface area contributed by atoms with Crippen molar-refractivity contribution in [1.29, 1.82) is 0 Å². The number of nitrogens with zero attached hydrogens (tertiary/aromatic N) is 1. The summed E-state index contributed by atoms with van der Waals surface area (Å²) < 4.78 is 25.0. The normalized spacial score (nSPS) is 15.7. The molecule has 0 saturated heterocycles. The Hall–Kier alpha value is -0.170. The van der Waals surface area contributed by atoms with Crippen LogP contribution in [0.15, 0.2) is 0 Å². The Bertz CT molecular complexity index is 185. The zero-order valence-electron chi connectivity index (χ0n) is 6.33. The van der Waals surface area contributed by atoms with Crippen LogP contribution in [0.25, 0.3) is 0 Å². The van der Waals surface area contributed by atoms with Gasteiger partial charge >= 0.3 is 0 Å². The van der Waals surface area contributed by atoms with E-state index in [-0.39, 0.29) is 0 Å². The van der Waals surface area contributed by atoms with Gasteiger partial charge in [-0.15, -0.1) is 0 Å². The van der Waals surface area contributed by atoms with E-state index < -0.39 is 16.4 Å². The van der Waals surface area contributed by atoms with Crippen LogP contribution in [0.1, 0.15) is 6.92 Å². The van der Waals surface area contributed by atoms with Crippen LogP contribution in [0, 0.1) is 0 Å². The molecule has 0 aliphatic heterocycles. The summed E-state index contributed by atoms with van der Waals surface area (Å²) in [4.78, 5) is 0. The first kappa shape index (κ1) is 9.83. The minimum atomic E-state index is -3.34. The third-order valence-electron chi connectivity index (χ3n) is 0.816. The molecule has 0 heterocycles. The Morgan fingerprint density at radius 1 is 1.50 bits per heavy atom. The van der Waals surface area contributed by atoms with Crippen LogP contribution < -0.4 is 10.5 Å². The van der Waals surface area contributed by atoms with Gasteiger partial charge in [-0.05, 0) is 6.92 Å². The Morgan fingerprint density at radius 2 is 1.90 bits per heavy atom. The first-order valence-corrected chi connectivity index (χ1v) is 4.25. The van der Waals surface area contributed by atoms with Crippen molar-refractivity contribution in [3.05, 3.63) is 0 Å². The summed E-state index contributed by atoms with van der Waals surface area (Å²) in [5, 5.41) is 0. The molecular formula is C4H13N3O2S. The maximum atomic E-state index is 10.9. The van der Waals surface area contributed by atoms with Gasteiger partial charge in [0.15, 0.2) is 0 Å². The topological polar surface area (TPSA) is 75.4 Å². The van der Waals surface area contributed by atoms with E-state index in [1.54, 1.807) is 6.92 Å². The number of nitrogens with two attached hydrogens (primary N) is 1. The number of hydrogen-bond acceptors (Lipinski definition) is 3. The molecule has 0 bridgehead atoms. The van der Waals surface area contributed by atoms with Gasteiger partial charge in [-0.2, -0.15) is 17.4 Å². The van der Waals surface area contributed by atoms with Crippen molar-refractivity contribution >= 4 is 10.2 Å². The quantitative estimate of drug-likeness (QED) is 0.512. The van der Waals surface area contributed by atoms with Crippen LogP contribution in [-0.2, 0) is 10.2 Å². The number of hydrogen-bond donors (Lipinski definition) is 2. The average Bonchev–Trinajstić information content (AvgIpc) is 1.60. The van der Waals surface area contributed by atoms with E-state index in [2.05, 4.69) is 4.72 Å². The van der Waals surface area contributed by atoms with E-state index >= 15 is 0 Å². The molecule has 0 aromatic carbocycles. The molecule has 10 heavy (non-hydrogen) atoms. The average molecular weight is 167 g/mol. The van der Waals surface area contributed by atoms with Crippen LogP contribution in [0.2, 0.25) is 0 Å². The van der Waals surface area contributed by atoms with Gasteiger partial charge in [0.05, 0.1) is 6.17 Å². The molecule has 0 aliphatic rings. The maximum absolute atomic E-state index is 10.9. The highest BCUT2D eigenvalue weighted by molar-refractivity contribution is 7.87. The first-order valence-electron chi connectivity index (χ1n) is 2.81. The molecule has 1 atom stereocenters. The van der Waals surface area contributed by atoms with E-state index in [0.717, 1.165) is 4.31 Å². The molecule has 1 unspecified atom stereocenters. The number of nitrogens with one attached hydrogen (secondary N) is 1. The summed E-state index contributed by atoms with van der Waals surface area (Å²) in [6.07, 6.45) is -0.549. The van der Waals surface area contributed by atoms with E-state index in [9.17, 15) is 8.42 Å². The minimum Gasteiger partial charge on any atom is -0.315 e. The monoisotopic (exact) mass is 167 g/mol. The fourth-order valence-corrected chi connectivity index (χ4v) is 1.02. The molecule has 5 nitrogen and oxygen atoms in total. The van der Waals surface area contributed by atoms with Gasteiger partial charge < -0.3 is 5.73 Å². The van der Waals surface area contributed by atoms with Crippen molar-refractivity contribution < 1.29 is 8.42 Å². The van der Waals surface area contributed by atoms with Crippen LogP contribution in [-0.4, -0.2) is 33.0 Å². The Labute approximate surface area is 61.4 Å². The van der Waals surface area contributed by atoms with Crippen LogP contribution >= 0.6 is 0 Å². The van der Waals surface area contributed by atoms with Crippen molar-refractivity contribution in [2.24, 2.45) is 5.73 Å². The highest BCUT2D eigenvalue weighted by Crippen LogP contribution is 1.87. The molecule has 0 aromatic heterocycles. The fourth-order valence-electron chi connectivity index (χ4n) is 0.340. The van der Waals surface area contributed by atoms with Gasteiger partial charge in [-0.25, -0.2) is 0 Å². The second kappa shape index (κ2) is 3.29. The second-order valence-corrected chi connectivity index (χ2v) is 4.11. The van der Waals surface area contributed by atoms with Crippen molar-refractivity contribution in [2.45, 2.75) is 13.1 Å². The molecule has 0 aliphatic carbocycles. The van der Waals surface area contributed by atoms with Crippen LogP contribution in [0.5, 0.6) is 0 Å². The van der Waals surface area contributed by atoms with Gasteiger partial charge in [0.2, 0.25) is 0 Å². The van der Waals surface area contributed by atoms with E-state index in [0.29, 0.717) is 0 Å². The molecule has 0 amide bonds. The zero-order valence-corrected chi connectivity index (χ0v) is 7.14. The first-order chi connectivity index (χ1) is 4.36. The lowest BCUT2D eigenvalue weighted by atomic mass is 10.7. The predicted molar refractivity (Wildman–Crippen MR) is 39.4 cm³/mol. The predicted octanol–water partition coefficient (Wildman–Crippen LogP) is -1.31. The van der Waals surface area contributed by atoms with Crippen molar-refractivity contribution in [3.8, 4) is 0 Å². The second-order valence-electron chi connectivity index (χ2n) is 2.19. The van der Waals surface area contributed by atoms with Gasteiger partial charge in [0, 0.05) is 14.1 Å². The molecule has 3 N–H and O–H groups in total. The Kier molecular flexibility index (Phi) is 3.23. The number of rotatable bonds is 3. The van der Waals surface area contributed by atoms with E-state index in [1.807, 2.05) is 0 Å². The summed E-state index contributed by atoms with van der Waals surface area (Å²) >= 11 is 0. The molecule has 0 aromatic rings. The maximum Gasteiger partial charge on any atom is 0.280 e. The molecule has 62 valence electrons. The molecule has 0 spiro atoms. The minimum absolute atomic E-state index is 0.549. The Balaban J connectivity index is 4.16. The van der Waals surface area contributed by atoms with Gasteiger partial charge in [-0.1, -0.05) is 0 Å². The van der Waals surface area contributed by atoms with Crippen molar-refractivity contribution in [3.63, 3.8) is 0 Å². The van der Waals surface area contributed by atoms with Crippen molar-refractivity contribution in [1.82, 2.24) is 9.03 Å². The van der Waals surface area contributed by atoms with Crippen molar-refractivity contribution in [2.75, 3.05) is 14.1 Å². The van der Waals surface area contributed by atoms with Gasteiger partial charge in [-0.3, -0.25) is 0 Å². The summed E-state index contributed by atoms with van der Waals surface area (Å²) in [6, 6.07) is 0. The third-order valence-corrected chi connectivity index (χ3v) is 2.45. The smallest absolute Gasteiger partial charge is 0.280 e. The van der Waals surface area contributed by atoms with Crippen LogP contribution in [0.3, 0.4) is 0 Å². The van der Waals surface area contributed by atoms with Gasteiger partial charge in [0.25, 0.3) is 10.2 Å². The highest BCUT2D eigenvalue weighted by Gasteiger charge is 2.13. The zero-order chi connectivity index (χ0) is 8.36. The third kappa shape index (κ3) is 3.11. The van der Waals surface area contributed by atoms with Crippen LogP contribution in [0.4, 0.5) is 0 Å². The molecule has 0 saturated carbocycles. The highest BCUT2D eigenvalue weighted by atomic mass is 32.2. The standard InChI is InChI=1S/C4H13N3O2S/c1-4(5)6-10(8,9)7(2)3/h4,6H,5H2,1-3H3. The lowest BCUT2D eigenvalue weighted by Gasteiger charge is -2.14. The molecule has 0 rings (SSSR count). The van der Waals surface area contributed by atoms with Gasteiger partial charge in [0.1, 0.15) is 0 Å². The summed E-state index contributed by atoms with van der Waals surface area (Å²) in [5.41, 5.74) is 5.20.